The maximum atomic E-state index is 10.9. The minimum Gasteiger partial charge on any atom is -0.504 e. The van der Waals surface area contributed by atoms with Gasteiger partial charge in [-0.2, -0.15) is 5.26 Å². The van der Waals surface area contributed by atoms with Crippen LogP contribution in [0.2, 0.25) is 5.15 Å². The fourth-order valence-electron chi connectivity index (χ4n) is 1.91. The fraction of sp³-hybridized carbons (Fsp3) is 0.0667. The van der Waals surface area contributed by atoms with Crippen LogP contribution in [0.25, 0.3) is 11.6 Å². The van der Waals surface area contributed by atoms with Crippen molar-refractivity contribution in [3.05, 3.63) is 56.4 Å². The molecule has 1 heterocycles. The largest absolute Gasteiger partial charge is 0.504 e. The van der Waals surface area contributed by atoms with Crippen molar-refractivity contribution in [3.63, 3.8) is 0 Å². The minimum absolute atomic E-state index is 0.113. The second kappa shape index (κ2) is 6.34. The third-order valence-corrected chi connectivity index (χ3v) is 3.29. The predicted octanol–water partition coefficient (Wildman–Crippen LogP) is 3.43. The van der Waals surface area contributed by atoms with E-state index < -0.39 is 22.1 Å². The topological polar surface area (TPSA) is 120 Å². The molecule has 0 atom stereocenters. The van der Waals surface area contributed by atoms with Crippen LogP contribution in [0.4, 0.5) is 5.69 Å². The number of hydrogen-bond acceptors (Lipinski definition) is 6. The highest BCUT2D eigenvalue weighted by Crippen LogP contribution is 2.37. The quantitative estimate of drug-likeness (QED) is 0.292. The maximum absolute atomic E-state index is 10.9. The number of nitro benzene ring substituents is 1. The van der Waals surface area contributed by atoms with Gasteiger partial charge >= 0.3 is 5.69 Å². The van der Waals surface area contributed by atoms with E-state index >= 15 is 0 Å². The summed E-state index contributed by atoms with van der Waals surface area (Å²) in [6.07, 6.45) is 1.31. The minimum atomic E-state index is -0.834. The number of phenols is 2. The Bertz CT molecular complexity index is 872. The molecular formula is C15H10ClN3O4. The van der Waals surface area contributed by atoms with Crippen molar-refractivity contribution >= 4 is 28.9 Å². The SMILES string of the molecule is Cc1ccc(C(C#N)=Cc2cc(O)c(O)c([N+](=O)[O-])c2)c(Cl)n1. The van der Waals surface area contributed by atoms with Crippen LogP contribution in [0.3, 0.4) is 0 Å². The Kier molecular flexibility index (Phi) is 4.48. The zero-order valence-electron chi connectivity index (χ0n) is 11.8. The normalized spacial score (nSPS) is 11.1. The molecule has 8 heteroatoms. The molecular weight excluding hydrogens is 322 g/mol. The molecule has 0 bridgehead atoms. The van der Waals surface area contributed by atoms with Crippen LogP contribution in [-0.4, -0.2) is 20.1 Å². The van der Waals surface area contributed by atoms with E-state index in [4.69, 9.17) is 11.6 Å². The number of aryl methyl sites for hydroxylation is 1. The highest BCUT2D eigenvalue weighted by molar-refractivity contribution is 6.31. The van der Waals surface area contributed by atoms with E-state index in [0.29, 0.717) is 11.3 Å². The lowest BCUT2D eigenvalue weighted by molar-refractivity contribution is -0.386. The van der Waals surface area contributed by atoms with Crippen LogP contribution in [0.15, 0.2) is 24.3 Å². The molecule has 1 aromatic carbocycles. The third-order valence-electron chi connectivity index (χ3n) is 3.00. The highest BCUT2D eigenvalue weighted by atomic mass is 35.5. The Morgan fingerprint density at radius 1 is 1.43 bits per heavy atom. The van der Waals surface area contributed by atoms with Crippen molar-refractivity contribution in [2.45, 2.75) is 6.92 Å². The van der Waals surface area contributed by atoms with Gasteiger partial charge in [0.2, 0.25) is 5.75 Å². The van der Waals surface area contributed by atoms with Crippen LogP contribution in [0.5, 0.6) is 11.5 Å². The van der Waals surface area contributed by atoms with Gasteiger partial charge in [-0.3, -0.25) is 10.1 Å². The van der Waals surface area contributed by atoms with Crippen LogP contribution >= 0.6 is 11.6 Å². The van der Waals surface area contributed by atoms with E-state index in [2.05, 4.69) is 4.98 Å². The number of nitro groups is 1. The molecule has 2 rings (SSSR count). The number of aromatic hydroxyl groups is 2. The van der Waals surface area contributed by atoms with Crippen molar-refractivity contribution in [2.75, 3.05) is 0 Å². The molecule has 7 nitrogen and oxygen atoms in total. The van der Waals surface area contributed by atoms with Crippen molar-refractivity contribution in [1.29, 1.82) is 5.26 Å². The second-order valence-electron chi connectivity index (χ2n) is 4.63. The molecule has 0 saturated carbocycles. The second-order valence-corrected chi connectivity index (χ2v) is 4.98. The summed E-state index contributed by atoms with van der Waals surface area (Å²) in [5, 5.41) is 39.3. The number of nitriles is 1. The summed E-state index contributed by atoms with van der Waals surface area (Å²) in [5.74, 6) is -1.49. The van der Waals surface area contributed by atoms with Gasteiger partial charge < -0.3 is 10.2 Å². The van der Waals surface area contributed by atoms with Gasteiger partial charge in [0.05, 0.1) is 16.6 Å². The summed E-state index contributed by atoms with van der Waals surface area (Å²) in [5.41, 5.74) is 0.646. The van der Waals surface area contributed by atoms with Gasteiger partial charge in [-0.1, -0.05) is 11.6 Å². The van der Waals surface area contributed by atoms with E-state index in [1.54, 1.807) is 19.1 Å². The average Bonchev–Trinajstić information content (AvgIpc) is 2.48. The Balaban J connectivity index is 2.59. The lowest BCUT2D eigenvalue weighted by Crippen LogP contribution is -1.92. The Hall–Kier alpha value is -3.11. The van der Waals surface area contributed by atoms with Crippen LogP contribution in [0.1, 0.15) is 16.8 Å². The van der Waals surface area contributed by atoms with Crippen molar-refractivity contribution in [1.82, 2.24) is 4.98 Å². The number of rotatable bonds is 3. The van der Waals surface area contributed by atoms with Crippen molar-refractivity contribution in [2.24, 2.45) is 0 Å². The Morgan fingerprint density at radius 3 is 2.70 bits per heavy atom. The number of pyridine rings is 1. The van der Waals surface area contributed by atoms with Gasteiger partial charge in [0.1, 0.15) is 5.15 Å². The average molecular weight is 332 g/mol. The fourth-order valence-corrected chi connectivity index (χ4v) is 2.21. The van der Waals surface area contributed by atoms with Crippen LogP contribution in [-0.2, 0) is 0 Å². The smallest absolute Gasteiger partial charge is 0.315 e. The van der Waals surface area contributed by atoms with Gasteiger partial charge in [0.15, 0.2) is 5.75 Å². The predicted molar refractivity (Wildman–Crippen MR) is 83.9 cm³/mol. The molecule has 0 radical (unpaired) electrons. The number of aromatic nitrogens is 1. The lowest BCUT2D eigenvalue weighted by atomic mass is 10.0. The number of hydrogen-bond donors (Lipinski definition) is 2. The zero-order chi connectivity index (χ0) is 17.1. The Morgan fingerprint density at radius 2 is 2.13 bits per heavy atom. The van der Waals surface area contributed by atoms with Crippen LogP contribution < -0.4 is 0 Å². The van der Waals surface area contributed by atoms with Crippen LogP contribution in [0, 0.1) is 28.4 Å². The molecule has 0 fully saturated rings. The van der Waals surface area contributed by atoms with Crippen molar-refractivity contribution in [3.8, 4) is 17.6 Å². The van der Waals surface area contributed by atoms with Gasteiger partial charge in [0, 0.05) is 17.3 Å². The summed E-state index contributed by atoms with van der Waals surface area (Å²) in [6, 6.07) is 7.36. The first kappa shape index (κ1) is 16.3. The summed E-state index contributed by atoms with van der Waals surface area (Å²) in [6.45, 7) is 1.74. The highest BCUT2D eigenvalue weighted by Gasteiger charge is 2.19. The van der Waals surface area contributed by atoms with Gasteiger partial charge in [-0.15, -0.1) is 0 Å². The number of halogens is 1. The molecule has 2 aromatic rings. The number of nitrogens with zero attached hydrogens (tertiary/aromatic N) is 3. The first-order valence-corrected chi connectivity index (χ1v) is 6.67. The summed E-state index contributed by atoms with van der Waals surface area (Å²) < 4.78 is 0. The number of allylic oxidation sites excluding steroid dienone is 1. The van der Waals surface area contributed by atoms with Gasteiger partial charge in [0.25, 0.3) is 0 Å². The number of benzene rings is 1. The summed E-state index contributed by atoms with van der Waals surface area (Å²) >= 11 is 6.01. The van der Waals surface area contributed by atoms with Crippen molar-refractivity contribution < 1.29 is 15.1 Å². The number of phenolic OH excluding ortho intramolecular Hbond substituents is 2. The summed E-state index contributed by atoms with van der Waals surface area (Å²) in [7, 11) is 0. The molecule has 116 valence electrons. The first-order chi connectivity index (χ1) is 10.8. The Labute approximate surface area is 135 Å². The molecule has 0 saturated heterocycles. The molecule has 0 aliphatic heterocycles. The maximum Gasteiger partial charge on any atom is 0.315 e. The molecule has 0 spiro atoms. The van der Waals surface area contributed by atoms with E-state index in [-0.39, 0.29) is 16.3 Å². The molecule has 2 N–H and O–H groups in total. The standard InChI is InChI=1S/C15H10ClN3O4/c1-8-2-3-11(15(16)18-8)10(7-17)4-9-5-12(19(22)23)14(21)13(20)6-9/h2-6,20-21H,1H3. The lowest BCUT2D eigenvalue weighted by Gasteiger charge is -2.05. The van der Waals surface area contributed by atoms with E-state index in [1.807, 2.05) is 6.07 Å². The molecule has 0 aliphatic carbocycles. The van der Waals surface area contributed by atoms with E-state index in [0.717, 1.165) is 12.1 Å². The van der Waals surface area contributed by atoms with Gasteiger partial charge in [-0.25, -0.2) is 4.98 Å². The molecule has 0 amide bonds. The first-order valence-electron chi connectivity index (χ1n) is 6.29. The molecule has 23 heavy (non-hydrogen) atoms. The molecule has 0 aliphatic rings. The third kappa shape index (κ3) is 3.39. The van der Waals surface area contributed by atoms with Gasteiger partial charge in [-0.05, 0) is 36.8 Å². The summed E-state index contributed by atoms with van der Waals surface area (Å²) in [4.78, 5) is 14.1. The van der Waals surface area contributed by atoms with E-state index in [9.17, 15) is 25.6 Å². The monoisotopic (exact) mass is 331 g/mol. The van der Waals surface area contributed by atoms with E-state index in [1.165, 1.54) is 6.08 Å². The molecule has 0 unspecified atom stereocenters. The zero-order valence-corrected chi connectivity index (χ0v) is 12.6. The molecule has 1 aromatic heterocycles.